The molecule has 2 aromatic carbocycles. The smallest absolute Gasteiger partial charge is 0.159 e. The summed E-state index contributed by atoms with van der Waals surface area (Å²) in [5, 5.41) is 1.22. The zero-order chi connectivity index (χ0) is 13.8. The molecule has 2 nitrogen and oxygen atoms in total. The van der Waals surface area contributed by atoms with Gasteiger partial charge in [0.1, 0.15) is 12.4 Å². The van der Waals surface area contributed by atoms with Gasteiger partial charge in [-0.2, -0.15) is 0 Å². The summed E-state index contributed by atoms with van der Waals surface area (Å²) >= 11 is 12.0. The van der Waals surface area contributed by atoms with Crippen molar-refractivity contribution < 1.29 is 9.53 Å². The molecular weight excluding hydrogens is 283 g/mol. The van der Waals surface area contributed by atoms with E-state index in [1.165, 1.54) is 6.92 Å². The Morgan fingerprint density at radius 2 is 1.95 bits per heavy atom. The first-order chi connectivity index (χ1) is 9.06. The third kappa shape index (κ3) is 3.72. The number of ether oxygens (including phenoxy) is 1. The molecule has 2 rings (SSSR count). The first-order valence-corrected chi connectivity index (χ1v) is 6.49. The maximum atomic E-state index is 11.3. The van der Waals surface area contributed by atoms with Gasteiger partial charge in [0.25, 0.3) is 0 Å². The minimum absolute atomic E-state index is 0.00578. The van der Waals surface area contributed by atoms with E-state index in [4.69, 9.17) is 27.9 Å². The average molecular weight is 295 g/mol. The SMILES string of the molecule is CC(=O)c1cccc(OCc2cc(Cl)ccc2Cl)c1. The molecule has 0 atom stereocenters. The zero-order valence-electron chi connectivity index (χ0n) is 10.3. The van der Waals surface area contributed by atoms with Gasteiger partial charge in [0.2, 0.25) is 0 Å². The number of halogens is 2. The molecule has 0 aliphatic heterocycles. The summed E-state index contributed by atoms with van der Waals surface area (Å²) in [6, 6.07) is 12.3. The number of benzene rings is 2. The van der Waals surface area contributed by atoms with Crippen molar-refractivity contribution in [1.29, 1.82) is 0 Å². The van der Waals surface area contributed by atoms with Gasteiger partial charge in [0.15, 0.2) is 5.78 Å². The van der Waals surface area contributed by atoms with Crippen molar-refractivity contribution >= 4 is 29.0 Å². The lowest BCUT2D eigenvalue weighted by Crippen LogP contribution is -1.98. The van der Waals surface area contributed by atoms with E-state index < -0.39 is 0 Å². The number of Topliss-reactive ketones (excluding diaryl/α,β-unsaturated/α-hetero) is 1. The van der Waals surface area contributed by atoms with Crippen LogP contribution in [-0.4, -0.2) is 5.78 Å². The molecule has 0 bridgehead atoms. The maximum Gasteiger partial charge on any atom is 0.159 e. The number of ketones is 1. The van der Waals surface area contributed by atoms with Crippen molar-refractivity contribution in [2.75, 3.05) is 0 Å². The van der Waals surface area contributed by atoms with Crippen molar-refractivity contribution in [3.05, 3.63) is 63.6 Å². The molecule has 0 aromatic heterocycles. The Balaban J connectivity index is 2.12. The fraction of sp³-hybridized carbons (Fsp3) is 0.133. The molecular formula is C15H12Cl2O2. The molecule has 4 heteroatoms. The molecule has 0 unspecified atom stereocenters. The summed E-state index contributed by atoms with van der Waals surface area (Å²) in [4.78, 5) is 11.3. The second kappa shape index (κ2) is 6.09. The standard InChI is InChI=1S/C15H12Cl2O2/c1-10(18)11-3-2-4-14(8-11)19-9-12-7-13(16)5-6-15(12)17/h2-8H,9H2,1H3. The van der Waals surface area contributed by atoms with Crippen LogP contribution in [0.2, 0.25) is 10.0 Å². The van der Waals surface area contributed by atoms with Gasteiger partial charge >= 0.3 is 0 Å². The fourth-order valence-electron chi connectivity index (χ4n) is 1.62. The monoisotopic (exact) mass is 294 g/mol. The Morgan fingerprint density at radius 3 is 2.68 bits per heavy atom. The molecule has 0 radical (unpaired) electrons. The first-order valence-electron chi connectivity index (χ1n) is 5.74. The number of hydrogen-bond acceptors (Lipinski definition) is 2. The number of hydrogen-bond donors (Lipinski definition) is 0. The summed E-state index contributed by atoms with van der Waals surface area (Å²) in [5.74, 6) is 0.634. The van der Waals surface area contributed by atoms with Crippen LogP contribution in [0.3, 0.4) is 0 Å². The predicted octanol–water partition coefficient (Wildman–Crippen LogP) is 4.78. The number of carbonyl (C=O) groups excluding carboxylic acids is 1. The van der Waals surface area contributed by atoms with Gasteiger partial charge in [-0.05, 0) is 37.3 Å². The molecule has 2 aromatic rings. The largest absolute Gasteiger partial charge is 0.489 e. The van der Waals surface area contributed by atoms with Crippen LogP contribution in [0.5, 0.6) is 5.75 Å². The van der Waals surface area contributed by atoms with Crippen LogP contribution in [0.15, 0.2) is 42.5 Å². The van der Waals surface area contributed by atoms with E-state index in [2.05, 4.69) is 0 Å². The lowest BCUT2D eigenvalue weighted by Gasteiger charge is -2.09. The summed E-state index contributed by atoms with van der Waals surface area (Å²) in [5.41, 5.74) is 1.43. The summed E-state index contributed by atoms with van der Waals surface area (Å²) < 4.78 is 5.62. The molecule has 0 heterocycles. The van der Waals surface area contributed by atoms with Crippen LogP contribution in [0.25, 0.3) is 0 Å². The number of carbonyl (C=O) groups is 1. The van der Waals surface area contributed by atoms with Crippen molar-refractivity contribution in [2.45, 2.75) is 13.5 Å². The molecule has 19 heavy (non-hydrogen) atoms. The highest BCUT2D eigenvalue weighted by atomic mass is 35.5. The van der Waals surface area contributed by atoms with E-state index in [-0.39, 0.29) is 5.78 Å². The van der Waals surface area contributed by atoms with Gasteiger partial charge in [-0.25, -0.2) is 0 Å². The van der Waals surface area contributed by atoms with Crippen LogP contribution in [0.4, 0.5) is 0 Å². The van der Waals surface area contributed by atoms with Gasteiger partial charge in [0.05, 0.1) is 0 Å². The molecule has 98 valence electrons. The fourth-order valence-corrected chi connectivity index (χ4v) is 1.99. The molecule has 0 aliphatic carbocycles. The van der Waals surface area contributed by atoms with Gasteiger partial charge < -0.3 is 4.74 Å². The van der Waals surface area contributed by atoms with Crippen LogP contribution < -0.4 is 4.74 Å². The lowest BCUT2D eigenvalue weighted by atomic mass is 10.1. The first kappa shape index (κ1) is 13.9. The normalized spacial score (nSPS) is 10.3. The van der Waals surface area contributed by atoms with Crippen molar-refractivity contribution in [2.24, 2.45) is 0 Å². The topological polar surface area (TPSA) is 26.3 Å². The Morgan fingerprint density at radius 1 is 1.16 bits per heavy atom. The van der Waals surface area contributed by atoms with Crippen LogP contribution in [0, 0.1) is 0 Å². The third-order valence-electron chi connectivity index (χ3n) is 2.64. The van der Waals surface area contributed by atoms with Crippen LogP contribution in [0.1, 0.15) is 22.8 Å². The Hall–Kier alpha value is -1.51. The van der Waals surface area contributed by atoms with E-state index in [0.29, 0.717) is 28.0 Å². The molecule has 0 N–H and O–H groups in total. The van der Waals surface area contributed by atoms with E-state index in [1.807, 2.05) is 0 Å². The van der Waals surface area contributed by atoms with E-state index >= 15 is 0 Å². The molecule has 0 saturated carbocycles. The molecule has 0 spiro atoms. The van der Waals surface area contributed by atoms with Gasteiger partial charge in [-0.1, -0.05) is 35.3 Å². The summed E-state index contributed by atoms with van der Waals surface area (Å²) in [6.45, 7) is 1.83. The molecule has 0 saturated heterocycles. The Labute approximate surface area is 121 Å². The van der Waals surface area contributed by atoms with E-state index in [0.717, 1.165) is 5.56 Å². The predicted molar refractivity (Wildman–Crippen MR) is 77.2 cm³/mol. The van der Waals surface area contributed by atoms with Gasteiger partial charge in [-0.3, -0.25) is 4.79 Å². The second-order valence-electron chi connectivity index (χ2n) is 4.11. The van der Waals surface area contributed by atoms with Gasteiger partial charge in [0, 0.05) is 21.2 Å². The highest BCUT2D eigenvalue weighted by Crippen LogP contribution is 2.23. The number of rotatable bonds is 4. The Kier molecular flexibility index (Phi) is 4.46. The maximum absolute atomic E-state index is 11.3. The second-order valence-corrected chi connectivity index (χ2v) is 4.95. The van der Waals surface area contributed by atoms with Crippen molar-refractivity contribution in [3.63, 3.8) is 0 Å². The van der Waals surface area contributed by atoms with E-state index in [9.17, 15) is 4.79 Å². The van der Waals surface area contributed by atoms with Gasteiger partial charge in [-0.15, -0.1) is 0 Å². The van der Waals surface area contributed by atoms with Crippen LogP contribution >= 0.6 is 23.2 Å². The average Bonchev–Trinajstić information content (AvgIpc) is 2.40. The molecule has 0 fully saturated rings. The van der Waals surface area contributed by atoms with Crippen molar-refractivity contribution in [1.82, 2.24) is 0 Å². The zero-order valence-corrected chi connectivity index (χ0v) is 11.8. The molecule has 0 aliphatic rings. The third-order valence-corrected chi connectivity index (χ3v) is 3.25. The highest BCUT2D eigenvalue weighted by molar-refractivity contribution is 6.33. The Bertz CT molecular complexity index is 609. The minimum Gasteiger partial charge on any atom is -0.489 e. The van der Waals surface area contributed by atoms with E-state index in [1.54, 1.807) is 42.5 Å². The summed E-state index contributed by atoms with van der Waals surface area (Å²) in [7, 11) is 0. The quantitative estimate of drug-likeness (QED) is 0.759. The minimum atomic E-state index is 0.00578. The van der Waals surface area contributed by atoms with Crippen molar-refractivity contribution in [3.8, 4) is 5.75 Å². The molecule has 0 amide bonds. The van der Waals surface area contributed by atoms with Crippen LogP contribution in [-0.2, 0) is 6.61 Å². The summed E-state index contributed by atoms with van der Waals surface area (Å²) in [6.07, 6.45) is 0. The lowest BCUT2D eigenvalue weighted by molar-refractivity contribution is 0.101. The highest BCUT2D eigenvalue weighted by Gasteiger charge is 2.04.